The Morgan fingerprint density at radius 3 is 3.09 bits per heavy atom. The third kappa shape index (κ3) is 2.54. The molecule has 0 bridgehead atoms. The van der Waals surface area contributed by atoms with Crippen LogP contribution in [0.4, 0.5) is 0 Å². The first kappa shape index (κ1) is 8.60. The van der Waals surface area contributed by atoms with Crippen LogP contribution in [-0.4, -0.2) is 11.1 Å². The highest BCUT2D eigenvalue weighted by Crippen LogP contribution is 2.29. The standard InChI is InChI=1S/C8H11ClO2/c9-7-4-2-1-3-6(7)5-8(10)11/h4,6H,1-3,5H2,(H,10,11). The molecular formula is C8H11ClO2. The van der Waals surface area contributed by atoms with E-state index in [1.54, 1.807) is 0 Å². The fraction of sp³-hybridized carbons (Fsp3) is 0.625. The zero-order valence-corrected chi connectivity index (χ0v) is 6.97. The Hall–Kier alpha value is -0.500. The van der Waals surface area contributed by atoms with Gasteiger partial charge in [-0.3, -0.25) is 4.79 Å². The van der Waals surface area contributed by atoms with E-state index in [2.05, 4.69) is 0 Å². The maximum absolute atomic E-state index is 10.3. The van der Waals surface area contributed by atoms with Gasteiger partial charge < -0.3 is 5.11 Å². The highest BCUT2D eigenvalue weighted by molar-refractivity contribution is 6.30. The number of carbonyl (C=O) groups is 1. The Morgan fingerprint density at radius 1 is 1.82 bits per heavy atom. The molecule has 0 saturated heterocycles. The molecule has 62 valence electrons. The Labute approximate surface area is 70.9 Å². The first-order valence-corrected chi connectivity index (χ1v) is 4.15. The lowest BCUT2D eigenvalue weighted by Gasteiger charge is -2.17. The number of rotatable bonds is 2. The van der Waals surface area contributed by atoms with E-state index in [1.807, 2.05) is 6.08 Å². The molecule has 0 saturated carbocycles. The van der Waals surface area contributed by atoms with Crippen LogP contribution in [0.2, 0.25) is 0 Å². The third-order valence-electron chi connectivity index (χ3n) is 1.91. The molecule has 1 aliphatic rings. The van der Waals surface area contributed by atoms with Gasteiger partial charge in [0.15, 0.2) is 0 Å². The number of hydrogen-bond acceptors (Lipinski definition) is 1. The number of aliphatic carboxylic acids is 1. The Bertz CT molecular complexity index is 187. The molecule has 1 N–H and O–H groups in total. The molecule has 1 aliphatic carbocycles. The van der Waals surface area contributed by atoms with E-state index in [9.17, 15) is 4.79 Å². The molecule has 0 aromatic heterocycles. The van der Waals surface area contributed by atoms with Crippen LogP contribution in [0.3, 0.4) is 0 Å². The van der Waals surface area contributed by atoms with Crippen molar-refractivity contribution in [3.8, 4) is 0 Å². The van der Waals surface area contributed by atoms with Gasteiger partial charge in [0.1, 0.15) is 0 Å². The Balaban J connectivity index is 2.50. The molecule has 0 radical (unpaired) electrons. The highest BCUT2D eigenvalue weighted by Gasteiger charge is 2.18. The van der Waals surface area contributed by atoms with Crippen molar-refractivity contribution in [3.63, 3.8) is 0 Å². The fourth-order valence-corrected chi connectivity index (χ4v) is 1.61. The lowest BCUT2D eigenvalue weighted by molar-refractivity contribution is -0.137. The summed E-state index contributed by atoms with van der Waals surface area (Å²) in [5.74, 6) is -0.689. The zero-order valence-electron chi connectivity index (χ0n) is 6.22. The van der Waals surface area contributed by atoms with Crippen LogP contribution < -0.4 is 0 Å². The average molecular weight is 175 g/mol. The molecule has 0 amide bonds. The molecule has 11 heavy (non-hydrogen) atoms. The van der Waals surface area contributed by atoms with Gasteiger partial charge in [0.2, 0.25) is 0 Å². The summed E-state index contributed by atoms with van der Waals surface area (Å²) in [6, 6.07) is 0. The highest BCUT2D eigenvalue weighted by atomic mass is 35.5. The van der Waals surface area contributed by atoms with Crippen molar-refractivity contribution in [2.24, 2.45) is 5.92 Å². The van der Waals surface area contributed by atoms with Gasteiger partial charge >= 0.3 is 5.97 Å². The summed E-state index contributed by atoms with van der Waals surface area (Å²) in [6.45, 7) is 0. The fourth-order valence-electron chi connectivity index (χ4n) is 1.32. The zero-order chi connectivity index (χ0) is 8.27. The lowest BCUT2D eigenvalue weighted by atomic mass is 9.93. The molecule has 0 aromatic rings. The van der Waals surface area contributed by atoms with Gasteiger partial charge in [-0.1, -0.05) is 17.7 Å². The summed E-state index contributed by atoms with van der Waals surface area (Å²) in [5.41, 5.74) is 0. The number of carboxylic acid groups (broad SMARTS) is 1. The second-order valence-electron chi connectivity index (χ2n) is 2.81. The van der Waals surface area contributed by atoms with Crippen LogP contribution in [0, 0.1) is 5.92 Å². The molecule has 1 atom stereocenters. The summed E-state index contributed by atoms with van der Waals surface area (Å²) < 4.78 is 0. The van der Waals surface area contributed by atoms with Crippen molar-refractivity contribution in [1.29, 1.82) is 0 Å². The lowest BCUT2D eigenvalue weighted by Crippen LogP contribution is -2.10. The molecular weight excluding hydrogens is 164 g/mol. The van der Waals surface area contributed by atoms with Gasteiger partial charge in [0, 0.05) is 11.0 Å². The smallest absolute Gasteiger partial charge is 0.303 e. The van der Waals surface area contributed by atoms with Gasteiger partial charge in [0.25, 0.3) is 0 Å². The minimum atomic E-state index is -0.761. The van der Waals surface area contributed by atoms with Gasteiger partial charge in [-0.2, -0.15) is 0 Å². The summed E-state index contributed by atoms with van der Waals surface area (Å²) in [4.78, 5) is 10.3. The van der Waals surface area contributed by atoms with E-state index >= 15 is 0 Å². The van der Waals surface area contributed by atoms with Crippen molar-refractivity contribution in [2.45, 2.75) is 25.7 Å². The number of allylic oxidation sites excluding steroid dienone is 2. The summed E-state index contributed by atoms with van der Waals surface area (Å²) in [7, 11) is 0. The van der Waals surface area contributed by atoms with Crippen LogP contribution in [-0.2, 0) is 4.79 Å². The van der Waals surface area contributed by atoms with Gasteiger partial charge in [-0.15, -0.1) is 0 Å². The summed E-state index contributed by atoms with van der Waals surface area (Å²) >= 11 is 5.82. The Morgan fingerprint density at radius 2 is 2.55 bits per heavy atom. The minimum Gasteiger partial charge on any atom is -0.481 e. The van der Waals surface area contributed by atoms with Crippen molar-refractivity contribution >= 4 is 17.6 Å². The molecule has 0 aliphatic heterocycles. The van der Waals surface area contributed by atoms with E-state index in [-0.39, 0.29) is 12.3 Å². The number of hydrogen-bond donors (Lipinski definition) is 1. The predicted molar refractivity (Wildman–Crippen MR) is 43.5 cm³/mol. The van der Waals surface area contributed by atoms with E-state index in [4.69, 9.17) is 16.7 Å². The van der Waals surface area contributed by atoms with Crippen LogP contribution in [0.15, 0.2) is 11.1 Å². The van der Waals surface area contributed by atoms with E-state index in [0.29, 0.717) is 0 Å². The van der Waals surface area contributed by atoms with Crippen molar-refractivity contribution in [2.75, 3.05) is 0 Å². The molecule has 0 fully saturated rings. The first-order chi connectivity index (χ1) is 5.20. The van der Waals surface area contributed by atoms with Crippen LogP contribution in [0.25, 0.3) is 0 Å². The predicted octanol–water partition coefficient (Wildman–Crippen LogP) is 2.38. The minimum absolute atomic E-state index is 0.0721. The van der Waals surface area contributed by atoms with Crippen LogP contribution >= 0.6 is 11.6 Å². The second-order valence-corrected chi connectivity index (χ2v) is 3.25. The van der Waals surface area contributed by atoms with Crippen molar-refractivity contribution in [1.82, 2.24) is 0 Å². The molecule has 0 spiro atoms. The first-order valence-electron chi connectivity index (χ1n) is 3.77. The summed E-state index contributed by atoms with van der Waals surface area (Å²) in [5, 5.41) is 9.23. The topological polar surface area (TPSA) is 37.3 Å². The molecule has 0 heterocycles. The van der Waals surface area contributed by atoms with E-state index in [0.717, 1.165) is 24.3 Å². The molecule has 2 nitrogen and oxygen atoms in total. The monoisotopic (exact) mass is 174 g/mol. The van der Waals surface area contributed by atoms with E-state index < -0.39 is 5.97 Å². The largest absolute Gasteiger partial charge is 0.481 e. The SMILES string of the molecule is O=C(O)CC1CCCC=C1Cl. The number of carboxylic acids is 1. The average Bonchev–Trinajstić information content (AvgIpc) is 1.93. The van der Waals surface area contributed by atoms with Crippen molar-refractivity contribution < 1.29 is 9.90 Å². The van der Waals surface area contributed by atoms with Gasteiger partial charge in [-0.25, -0.2) is 0 Å². The van der Waals surface area contributed by atoms with Crippen LogP contribution in [0.5, 0.6) is 0 Å². The van der Waals surface area contributed by atoms with Crippen molar-refractivity contribution in [3.05, 3.63) is 11.1 Å². The third-order valence-corrected chi connectivity index (χ3v) is 2.37. The normalized spacial score (nSPS) is 24.5. The Kier molecular flexibility index (Phi) is 2.94. The molecule has 1 unspecified atom stereocenters. The molecule has 3 heteroatoms. The molecule has 0 aromatic carbocycles. The second kappa shape index (κ2) is 3.77. The van der Waals surface area contributed by atoms with Gasteiger partial charge in [-0.05, 0) is 19.3 Å². The summed E-state index contributed by atoms with van der Waals surface area (Å²) in [6.07, 6.45) is 5.08. The maximum Gasteiger partial charge on any atom is 0.303 e. The van der Waals surface area contributed by atoms with Crippen LogP contribution in [0.1, 0.15) is 25.7 Å². The maximum atomic E-state index is 10.3. The van der Waals surface area contributed by atoms with E-state index in [1.165, 1.54) is 0 Å². The number of halogens is 1. The quantitative estimate of drug-likeness (QED) is 0.698. The van der Waals surface area contributed by atoms with Gasteiger partial charge in [0.05, 0.1) is 6.42 Å². The molecule has 1 rings (SSSR count).